The van der Waals surface area contributed by atoms with Gasteiger partial charge in [0.1, 0.15) is 34.7 Å². The fourth-order valence-corrected chi connectivity index (χ4v) is 19.4. The van der Waals surface area contributed by atoms with Gasteiger partial charge in [-0.1, -0.05) is 0 Å². The van der Waals surface area contributed by atoms with Crippen molar-refractivity contribution in [2.24, 2.45) is 35.4 Å². The summed E-state index contributed by atoms with van der Waals surface area (Å²) in [5.41, 5.74) is -12.5. The molecule has 6 N–H and O–H groups in total. The number of benzene rings is 6. The summed E-state index contributed by atoms with van der Waals surface area (Å²) >= 11 is 0. The highest BCUT2D eigenvalue weighted by atomic mass is 16.5. The molecule has 6 aromatic rings. The lowest BCUT2D eigenvalue weighted by atomic mass is 9.79. The minimum Gasteiger partial charge on any atom is -0.493 e. The van der Waals surface area contributed by atoms with Crippen molar-refractivity contribution >= 4 is 34.7 Å². The fraction of sp³-hybridized carbons (Fsp3) is 0.632. The number of methoxy groups -OCH3 is 12. The highest BCUT2D eigenvalue weighted by Gasteiger charge is 2.48. The number of ketones is 6. The SMILES string of the molecule is [2H]C([2H])([2H])Oc1cc2c(cc1OC([2H])([2H])[2H])[C@@H]1CC(=O)[C@@H](C([2H])([2H])C(C)(O)C([2H])([2H])[2H])CN1CC2.[2H]C([2H])([2H])Oc1cc2c(cc1OC([2H])([2H])[2H])[C@H]1N(CC2)C[C@]([2H])(C([2H])([2H])C(C)(O)C([2H])([2H])[2H])C(=O)C1([2H])[2H].[2H]C([2H])([2H])Oc1cc2c(cc1OC)CCN1C[C@]([2H])(C([2H])([2H])C(C)(O)C([2H])([2H])[2H])C(=O)C([2H])([2H])[C@@H]21.[2H]C([2H])([2H])Oc1cc2c(cc1OC)[C@H]1N(CC2)C[C@]([2H])(C([2H])([2H])C(C)(O)C([2H])([2H])[2H])C(=O)C1([2H])[2H].[2H]C1([2H])C(=O)[C@@]([2H])(C([2H])([2H])C(C)(O)C([2H])([2H])[2H])CN2CCc3cc(OC)c(OC)cc3[C@@H]21.[2H]C1([2H])[C@H](C([2H])([2H])C(C)(O)C([2H])([2H])[2H])C(=O)C[C@H]2c3cc(OC)c(OC)cc3CCN21. The van der Waals surface area contributed by atoms with Crippen molar-refractivity contribution in [3.8, 4) is 69.0 Å². The molecule has 6 fully saturated rings. The van der Waals surface area contributed by atoms with Gasteiger partial charge in [0.15, 0.2) is 69.0 Å². The highest BCUT2D eigenvalue weighted by Crippen LogP contribution is 2.52. The Labute approximate surface area is 939 Å². The Hall–Kier alpha value is -9.54. The van der Waals surface area contributed by atoms with Crippen LogP contribution in [0.3, 0.4) is 0 Å². The van der Waals surface area contributed by atoms with E-state index in [1.54, 1.807) is 29.2 Å². The summed E-state index contributed by atoms with van der Waals surface area (Å²) in [4.78, 5) is 88.4. The molecule has 0 aromatic heterocycles. The number of carbonyl (C=O) groups excluding carboxylic acids is 6. The van der Waals surface area contributed by atoms with Gasteiger partial charge in [0.05, 0.1) is 143 Å². The lowest BCUT2D eigenvalue weighted by Crippen LogP contribution is -2.47. The Morgan fingerprint density at radius 1 is 0.278 bits per heavy atom. The van der Waals surface area contributed by atoms with Crippen LogP contribution in [0.15, 0.2) is 72.8 Å². The van der Waals surface area contributed by atoms with E-state index in [-0.39, 0.29) is 123 Å². The third-order valence-corrected chi connectivity index (χ3v) is 25.6. The zero-order chi connectivity index (χ0) is 158. The topological polar surface area (TPSA) is 354 Å². The summed E-state index contributed by atoms with van der Waals surface area (Å²) in [5, 5.41) is 63.5. The van der Waals surface area contributed by atoms with Crippen molar-refractivity contribution < 1.29 is 201 Å². The Kier molecular flexibility index (Phi) is 17.8. The lowest BCUT2D eigenvalue weighted by Gasteiger charge is -2.44. The largest absolute Gasteiger partial charge is 0.493 e. The van der Waals surface area contributed by atoms with E-state index in [1.165, 1.54) is 110 Å². The molecule has 12 heterocycles. The van der Waals surface area contributed by atoms with Crippen molar-refractivity contribution in [3.63, 3.8) is 0 Å². The average Bonchev–Trinajstić information content (AvgIpc) is 0.699. The molecule has 18 atom stereocenters. The van der Waals surface area contributed by atoms with E-state index >= 15 is 0 Å². The van der Waals surface area contributed by atoms with Crippen molar-refractivity contribution in [1.29, 1.82) is 0 Å². The molecule has 0 spiro atoms. The maximum atomic E-state index is 13.5. The number of Topliss-reactive ketones (excluding diaryl/α,β-unsaturated/α-hetero) is 6. The van der Waals surface area contributed by atoms with Crippen LogP contribution < -0.4 is 56.8 Å². The van der Waals surface area contributed by atoms with Gasteiger partial charge in [0, 0.05) is 249 Å². The normalized spacial score (nSPS) is 38.1. The minimum absolute atomic E-state index is 0.0200. The number of aliphatic hydroxyl groups is 6. The zero-order valence-corrected chi connectivity index (χ0v) is 81.2. The summed E-state index contributed by atoms with van der Waals surface area (Å²) in [6.07, 6.45) is -29.5. The van der Waals surface area contributed by atoms with Crippen LogP contribution in [-0.4, -0.2) is 292 Å². The Bertz CT molecular complexity index is 8400. The molecule has 0 bridgehead atoms. The van der Waals surface area contributed by atoms with Crippen LogP contribution in [0.5, 0.6) is 69.0 Å². The molecule has 0 amide bonds. The Morgan fingerprint density at radius 2 is 0.472 bits per heavy atom. The van der Waals surface area contributed by atoms with Gasteiger partial charge < -0.3 is 87.5 Å². The van der Waals surface area contributed by atoms with Gasteiger partial charge in [-0.2, -0.15) is 0 Å². The standard InChI is InChI=1S/6C19H27NO4/c6*1-19(2,22)10-13-11-20-6-5-12-7-17(23-3)18(24-4)8-14(12)15(20)9-16(13)21/h6*7-8,13,15,22H,5-6,9-11H2,1-4H3/t6*13-,15-/m000000/s1/i1D3,3D3,4D3,9D2,10D2,13D;1D3,4D3,9D2,10D2,13D;1D3,3D3,9D2,10D2,13D;1D3,9D2,10D2,13D;1D3,3D3,4D3,10D2;1D3,10D2,11D2/t6*13-,15-,19?. The molecule has 6 unspecified atom stereocenters. The van der Waals surface area contributed by atoms with Gasteiger partial charge in [-0.3, -0.25) is 58.2 Å². The predicted molar refractivity (Wildman–Crippen MR) is 550 cm³/mol. The molecule has 12 aliphatic rings. The van der Waals surface area contributed by atoms with Gasteiger partial charge in [0.25, 0.3) is 0 Å². The molecule has 30 nitrogen and oxygen atoms in total. The number of nitrogens with zero attached hydrogens (tertiary/aromatic N) is 6. The van der Waals surface area contributed by atoms with Crippen LogP contribution in [0.2, 0.25) is 0 Å². The second-order valence-electron chi connectivity index (χ2n) is 37.0. The van der Waals surface area contributed by atoms with E-state index in [9.17, 15) is 59.4 Å². The molecule has 144 heavy (non-hydrogen) atoms. The maximum absolute atomic E-state index is 13.5. The summed E-state index contributed by atoms with van der Waals surface area (Å²) in [6, 6.07) is 10.6. The molecule has 30 heteroatoms. The molecular weight excluding hydrogens is 1840 g/mol. The summed E-state index contributed by atoms with van der Waals surface area (Å²) in [7, 11) is -8.97. The molecule has 0 saturated carbocycles. The number of hydrogen-bond donors (Lipinski definition) is 6. The van der Waals surface area contributed by atoms with E-state index in [1.807, 2.05) is 0 Å². The van der Waals surface area contributed by atoms with Gasteiger partial charge >= 0.3 is 0 Å². The van der Waals surface area contributed by atoms with Crippen LogP contribution in [0, 0.1) is 35.4 Å². The van der Waals surface area contributed by atoms with Gasteiger partial charge in [-0.25, -0.2) is 0 Å². The van der Waals surface area contributed by atoms with Crippen molar-refractivity contribution in [2.75, 3.05) is 163 Å². The molecule has 0 radical (unpaired) electrons. The van der Waals surface area contributed by atoms with Gasteiger partial charge in [0.2, 0.25) is 0 Å². The first-order chi connectivity index (χ1) is 92.2. The molecule has 12 aliphatic heterocycles. The second-order valence-corrected chi connectivity index (χ2v) is 37.0. The van der Waals surface area contributed by atoms with E-state index < -0.39 is 331 Å². The zero-order valence-electron chi connectivity index (χ0n) is 143. The third-order valence-electron chi connectivity index (χ3n) is 25.6. The molecule has 18 rings (SSSR count). The Morgan fingerprint density at radius 3 is 0.715 bits per heavy atom. The summed E-state index contributed by atoms with van der Waals surface area (Å²) in [5.74, 6) is -22.8. The van der Waals surface area contributed by atoms with Crippen molar-refractivity contribution in [1.82, 2.24) is 29.4 Å². The Balaban J connectivity index is 0.000000198. The van der Waals surface area contributed by atoms with Gasteiger partial charge in [-0.05, 0) is 299 Å². The predicted octanol–water partition coefficient (Wildman–Crippen LogP) is 14.1. The summed E-state index contributed by atoms with van der Waals surface area (Å²) < 4.78 is 551. The first-order valence-electron chi connectivity index (χ1n) is 76.7. The monoisotopic (exact) mass is 2060 g/mol. The summed E-state index contributed by atoms with van der Waals surface area (Å²) in [6.45, 7) is -19.7. The molecule has 6 saturated heterocycles. The van der Waals surface area contributed by atoms with Crippen molar-refractivity contribution in [3.05, 3.63) is 140 Å². The number of rotatable bonds is 24. The number of hydrogen-bond acceptors (Lipinski definition) is 30. The van der Waals surface area contributed by atoms with E-state index in [0.717, 1.165) is 31.0 Å². The quantitative estimate of drug-likeness (QED) is 0.0328. The highest BCUT2D eigenvalue weighted by molar-refractivity contribution is 5.87. The smallest absolute Gasteiger partial charge is 0.161 e. The lowest BCUT2D eigenvalue weighted by molar-refractivity contribution is -0.132. The van der Waals surface area contributed by atoms with Gasteiger partial charge in [-0.15, -0.1) is 0 Å². The third kappa shape index (κ3) is 27.1. The van der Waals surface area contributed by atoms with Crippen molar-refractivity contribution in [2.45, 2.75) is 268 Å². The number of fused-ring (bicyclic) bond motifs is 18. The number of piperidine rings is 6. The first kappa shape index (κ1) is 55.1. The molecule has 792 valence electrons. The van der Waals surface area contributed by atoms with E-state index in [4.69, 9.17) is 142 Å². The number of carbonyl (C=O) groups is 6. The van der Waals surface area contributed by atoms with Crippen LogP contribution in [0.25, 0.3) is 0 Å². The number of ether oxygens (including phenoxy) is 12. The van der Waals surface area contributed by atoms with Crippen LogP contribution >= 0.6 is 0 Å². The van der Waals surface area contributed by atoms with Crippen LogP contribution in [0.1, 0.15) is 347 Å². The molecule has 0 aliphatic carbocycles. The molecule has 6 aromatic carbocycles. The van der Waals surface area contributed by atoms with E-state index in [2.05, 4.69) is 0 Å². The molecular formula is C114H162N6O24. The van der Waals surface area contributed by atoms with E-state index in [0.29, 0.717) is 115 Å². The van der Waals surface area contributed by atoms with Crippen LogP contribution in [0.4, 0.5) is 0 Å². The first-order valence-corrected chi connectivity index (χ1v) is 45.7. The average molecular weight is 2060 g/mol. The van der Waals surface area contributed by atoms with Crippen LogP contribution in [-0.2, 0) is 67.3 Å². The maximum Gasteiger partial charge on any atom is 0.161 e. The fourth-order valence-electron chi connectivity index (χ4n) is 19.4. The second kappa shape index (κ2) is 46.5. The minimum atomic E-state index is -3.44.